The zero-order valence-corrected chi connectivity index (χ0v) is 15.5. The highest BCUT2D eigenvalue weighted by molar-refractivity contribution is 5.75. The Hall–Kier alpha value is -3.81. The third-order valence-electron chi connectivity index (χ3n) is 4.56. The molecule has 0 saturated heterocycles. The Balaban J connectivity index is 1.44. The zero-order chi connectivity index (χ0) is 20.2. The highest BCUT2D eigenvalue weighted by Gasteiger charge is 2.14. The van der Waals surface area contributed by atoms with Gasteiger partial charge in [-0.25, -0.2) is 4.79 Å². The third kappa shape index (κ3) is 4.21. The van der Waals surface area contributed by atoms with Crippen molar-refractivity contribution in [2.75, 3.05) is 6.79 Å². The van der Waals surface area contributed by atoms with E-state index in [-0.39, 0.29) is 19.9 Å². The minimum absolute atomic E-state index is 0.178. The van der Waals surface area contributed by atoms with Crippen LogP contribution in [-0.2, 0) is 24.4 Å². The average Bonchev–Trinajstić information content (AvgIpc) is 3.20. The van der Waals surface area contributed by atoms with Gasteiger partial charge in [0.2, 0.25) is 12.7 Å². The number of benzene rings is 2. The monoisotopic (exact) mass is 393 g/mol. The van der Waals surface area contributed by atoms with E-state index in [4.69, 9.17) is 9.47 Å². The topological polar surface area (TPSA) is 91.6 Å². The van der Waals surface area contributed by atoms with Crippen molar-refractivity contribution in [1.29, 1.82) is 0 Å². The molecule has 2 aromatic carbocycles. The Labute approximate surface area is 165 Å². The third-order valence-corrected chi connectivity index (χ3v) is 4.56. The minimum atomic E-state index is -0.528. The molecular formula is C21H19N3O5. The number of carbonyl (C=O) groups excluding carboxylic acids is 1. The maximum Gasteiger partial charge on any atom is 0.331 e. The fraction of sp³-hybridized carbons (Fsp3) is 0.190. The van der Waals surface area contributed by atoms with Crippen LogP contribution >= 0.6 is 0 Å². The Morgan fingerprint density at radius 1 is 0.966 bits per heavy atom. The molecule has 0 aliphatic carbocycles. The van der Waals surface area contributed by atoms with Crippen molar-refractivity contribution < 1.29 is 14.3 Å². The fourth-order valence-electron chi connectivity index (χ4n) is 3.05. The second-order valence-corrected chi connectivity index (χ2v) is 6.60. The standard InChI is InChI=1S/C21H19N3O5/c25-19(22-11-16-6-7-17-18(10-16)29-14-28-17)13-24-20(26)8-9-23(21(24)27)12-15-4-2-1-3-5-15/h1-10H,11-14H2,(H,22,25). The molecule has 8 nitrogen and oxygen atoms in total. The summed E-state index contributed by atoms with van der Waals surface area (Å²) in [6, 6.07) is 16.1. The molecule has 2 heterocycles. The molecule has 29 heavy (non-hydrogen) atoms. The number of hydrogen-bond acceptors (Lipinski definition) is 5. The van der Waals surface area contributed by atoms with Gasteiger partial charge in [0.05, 0.1) is 6.54 Å². The van der Waals surface area contributed by atoms with Crippen LogP contribution in [0.4, 0.5) is 0 Å². The van der Waals surface area contributed by atoms with E-state index in [0.29, 0.717) is 18.0 Å². The van der Waals surface area contributed by atoms with E-state index in [1.165, 1.54) is 16.8 Å². The van der Waals surface area contributed by atoms with Crippen molar-refractivity contribution in [3.8, 4) is 11.5 Å². The van der Waals surface area contributed by atoms with Crippen LogP contribution in [0.15, 0.2) is 70.4 Å². The first-order valence-corrected chi connectivity index (χ1v) is 9.09. The molecule has 1 amide bonds. The summed E-state index contributed by atoms with van der Waals surface area (Å²) in [5, 5.41) is 2.72. The van der Waals surface area contributed by atoms with E-state index < -0.39 is 17.2 Å². The molecule has 0 fully saturated rings. The first-order chi connectivity index (χ1) is 14.1. The molecule has 0 bridgehead atoms. The number of nitrogens with zero attached hydrogens (tertiary/aromatic N) is 2. The summed E-state index contributed by atoms with van der Waals surface area (Å²) in [5.41, 5.74) is 0.702. The number of nitrogens with one attached hydrogen (secondary N) is 1. The first-order valence-electron chi connectivity index (χ1n) is 9.09. The summed E-state index contributed by atoms with van der Waals surface area (Å²) in [5.74, 6) is 0.856. The Morgan fingerprint density at radius 3 is 2.59 bits per heavy atom. The summed E-state index contributed by atoms with van der Waals surface area (Å²) in [4.78, 5) is 37.1. The van der Waals surface area contributed by atoms with Crippen LogP contribution < -0.4 is 26.0 Å². The van der Waals surface area contributed by atoms with Crippen molar-refractivity contribution >= 4 is 5.91 Å². The van der Waals surface area contributed by atoms with Crippen LogP contribution in [0.25, 0.3) is 0 Å². The molecule has 0 atom stereocenters. The predicted octanol–water partition coefficient (Wildman–Crippen LogP) is 1.10. The minimum Gasteiger partial charge on any atom is -0.454 e. The van der Waals surface area contributed by atoms with Crippen LogP contribution in [-0.4, -0.2) is 21.8 Å². The van der Waals surface area contributed by atoms with Gasteiger partial charge in [-0.3, -0.25) is 18.7 Å². The van der Waals surface area contributed by atoms with Gasteiger partial charge in [-0.2, -0.15) is 0 Å². The number of aromatic nitrogens is 2. The van der Waals surface area contributed by atoms with Crippen LogP contribution in [0.1, 0.15) is 11.1 Å². The average molecular weight is 393 g/mol. The van der Waals surface area contributed by atoms with Crippen molar-refractivity contribution in [3.05, 3.63) is 92.8 Å². The lowest BCUT2D eigenvalue weighted by Gasteiger charge is -2.11. The van der Waals surface area contributed by atoms with Gasteiger partial charge in [0, 0.05) is 18.8 Å². The highest BCUT2D eigenvalue weighted by atomic mass is 16.7. The summed E-state index contributed by atoms with van der Waals surface area (Å²) >= 11 is 0. The van der Waals surface area contributed by atoms with Crippen molar-refractivity contribution in [3.63, 3.8) is 0 Å². The Morgan fingerprint density at radius 2 is 1.76 bits per heavy atom. The summed E-state index contributed by atoms with van der Waals surface area (Å²) in [7, 11) is 0. The second kappa shape index (κ2) is 8.05. The molecule has 0 unspecified atom stereocenters. The van der Waals surface area contributed by atoms with E-state index in [1.54, 1.807) is 12.1 Å². The second-order valence-electron chi connectivity index (χ2n) is 6.60. The van der Waals surface area contributed by atoms with Gasteiger partial charge in [-0.15, -0.1) is 0 Å². The summed E-state index contributed by atoms with van der Waals surface area (Å²) in [6.07, 6.45) is 1.44. The van der Waals surface area contributed by atoms with Crippen LogP contribution in [0.3, 0.4) is 0 Å². The molecule has 1 aliphatic heterocycles. The molecule has 1 aromatic heterocycles. The molecule has 1 aliphatic rings. The molecule has 4 rings (SSSR count). The molecular weight excluding hydrogens is 374 g/mol. The van der Waals surface area contributed by atoms with Gasteiger partial charge in [-0.1, -0.05) is 36.4 Å². The molecule has 148 valence electrons. The zero-order valence-electron chi connectivity index (χ0n) is 15.5. The smallest absolute Gasteiger partial charge is 0.331 e. The normalized spacial score (nSPS) is 12.0. The van der Waals surface area contributed by atoms with Gasteiger partial charge in [0.25, 0.3) is 5.56 Å². The Kier molecular flexibility index (Phi) is 5.15. The van der Waals surface area contributed by atoms with Gasteiger partial charge in [0.1, 0.15) is 6.54 Å². The van der Waals surface area contributed by atoms with E-state index in [1.807, 2.05) is 36.4 Å². The number of rotatable bonds is 6. The van der Waals surface area contributed by atoms with Gasteiger partial charge in [0.15, 0.2) is 11.5 Å². The summed E-state index contributed by atoms with van der Waals surface area (Å²) < 4.78 is 12.9. The highest BCUT2D eigenvalue weighted by Crippen LogP contribution is 2.32. The van der Waals surface area contributed by atoms with Gasteiger partial charge in [-0.05, 0) is 23.3 Å². The van der Waals surface area contributed by atoms with Crippen LogP contribution in [0, 0.1) is 0 Å². The number of carbonyl (C=O) groups is 1. The van der Waals surface area contributed by atoms with E-state index >= 15 is 0 Å². The lowest BCUT2D eigenvalue weighted by Crippen LogP contribution is -2.43. The Bertz CT molecular complexity index is 1150. The number of fused-ring (bicyclic) bond motifs is 1. The lowest BCUT2D eigenvalue weighted by atomic mass is 10.2. The molecule has 3 aromatic rings. The molecule has 8 heteroatoms. The number of hydrogen-bond donors (Lipinski definition) is 1. The number of amides is 1. The maximum absolute atomic E-state index is 12.6. The summed E-state index contributed by atoms with van der Waals surface area (Å²) in [6.45, 7) is 0.392. The van der Waals surface area contributed by atoms with E-state index in [0.717, 1.165) is 15.7 Å². The molecule has 1 N–H and O–H groups in total. The van der Waals surface area contributed by atoms with Crippen molar-refractivity contribution in [2.45, 2.75) is 19.6 Å². The van der Waals surface area contributed by atoms with E-state index in [9.17, 15) is 14.4 Å². The number of ether oxygens (including phenoxy) is 2. The van der Waals surface area contributed by atoms with Crippen molar-refractivity contribution in [1.82, 2.24) is 14.5 Å². The first kappa shape index (κ1) is 18.5. The predicted molar refractivity (Wildman–Crippen MR) is 105 cm³/mol. The van der Waals surface area contributed by atoms with Crippen molar-refractivity contribution in [2.24, 2.45) is 0 Å². The van der Waals surface area contributed by atoms with Gasteiger partial charge >= 0.3 is 5.69 Å². The SMILES string of the molecule is O=C(Cn1c(=O)ccn(Cc2ccccc2)c1=O)NCc1ccc2c(c1)OCO2. The lowest BCUT2D eigenvalue weighted by molar-refractivity contribution is -0.121. The fourth-order valence-corrected chi connectivity index (χ4v) is 3.05. The largest absolute Gasteiger partial charge is 0.454 e. The molecule has 0 radical (unpaired) electrons. The van der Waals surface area contributed by atoms with Gasteiger partial charge < -0.3 is 14.8 Å². The maximum atomic E-state index is 12.6. The van der Waals surface area contributed by atoms with Crippen LogP contribution in [0.2, 0.25) is 0 Å². The quantitative estimate of drug-likeness (QED) is 0.677. The molecule has 0 spiro atoms. The van der Waals surface area contributed by atoms with E-state index in [2.05, 4.69) is 5.32 Å². The molecule has 0 saturated carbocycles. The van der Waals surface area contributed by atoms with Crippen LogP contribution in [0.5, 0.6) is 11.5 Å².